The Balaban J connectivity index is 2.03. The summed E-state index contributed by atoms with van der Waals surface area (Å²) in [7, 11) is 1.86. The van der Waals surface area contributed by atoms with E-state index in [-0.39, 0.29) is 5.91 Å². The third-order valence-electron chi connectivity index (χ3n) is 3.22. The lowest BCUT2D eigenvalue weighted by Crippen LogP contribution is -2.23. The van der Waals surface area contributed by atoms with Crippen LogP contribution in [0, 0.1) is 6.92 Å². The van der Waals surface area contributed by atoms with Gasteiger partial charge in [-0.3, -0.25) is 9.48 Å². The van der Waals surface area contributed by atoms with Gasteiger partial charge in [0.1, 0.15) is 5.82 Å². The quantitative estimate of drug-likeness (QED) is 0.888. The van der Waals surface area contributed by atoms with Gasteiger partial charge < -0.3 is 10.6 Å². The Morgan fingerprint density at radius 1 is 1.43 bits per heavy atom. The number of aryl methyl sites for hydroxylation is 1. The lowest BCUT2D eigenvalue weighted by molar-refractivity contribution is 0.0950. The third-order valence-corrected chi connectivity index (χ3v) is 3.51. The number of carbonyl (C=O) groups is 1. The average molecular weight is 308 g/mol. The molecule has 7 heteroatoms. The Bertz CT molecular complexity index is 653. The van der Waals surface area contributed by atoms with Crippen molar-refractivity contribution in [1.29, 1.82) is 0 Å². The molecule has 0 aliphatic rings. The van der Waals surface area contributed by atoms with Crippen LogP contribution < -0.4 is 10.6 Å². The van der Waals surface area contributed by atoms with E-state index in [9.17, 15) is 4.79 Å². The number of rotatable bonds is 5. The molecule has 0 unspecified atom stereocenters. The fraction of sp³-hybridized carbons (Fsp3) is 0.357. The zero-order chi connectivity index (χ0) is 15.4. The molecule has 0 radical (unpaired) electrons. The van der Waals surface area contributed by atoms with Gasteiger partial charge in [0.15, 0.2) is 0 Å². The summed E-state index contributed by atoms with van der Waals surface area (Å²) < 4.78 is 1.77. The second-order valence-electron chi connectivity index (χ2n) is 4.65. The summed E-state index contributed by atoms with van der Waals surface area (Å²) in [5.74, 6) is 0.370. The van der Waals surface area contributed by atoms with E-state index in [2.05, 4.69) is 20.7 Å². The molecule has 2 N–H and O–H groups in total. The number of pyridine rings is 1. The third kappa shape index (κ3) is 3.52. The van der Waals surface area contributed by atoms with Gasteiger partial charge in [-0.1, -0.05) is 11.6 Å². The minimum atomic E-state index is -0.212. The highest BCUT2D eigenvalue weighted by Crippen LogP contribution is 2.19. The highest BCUT2D eigenvalue weighted by atomic mass is 35.5. The van der Waals surface area contributed by atoms with E-state index < -0.39 is 0 Å². The van der Waals surface area contributed by atoms with Gasteiger partial charge in [-0.05, 0) is 19.9 Å². The largest absolute Gasteiger partial charge is 0.369 e. The summed E-state index contributed by atoms with van der Waals surface area (Å²) in [6, 6.07) is 1.61. The van der Waals surface area contributed by atoms with Gasteiger partial charge in [-0.25, -0.2) is 4.98 Å². The molecule has 2 aromatic heterocycles. The van der Waals surface area contributed by atoms with Crippen LogP contribution in [-0.2, 0) is 13.6 Å². The van der Waals surface area contributed by atoms with Gasteiger partial charge in [-0.15, -0.1) is 0 Å². The molecular formula is C14H18ClN5O. The smallest absolute Gasteiger partial charge is 0.253 e. The molecule has 2 aromatic rings. The van der Waals surface area contributed by atoms with E-state index in [0.717, 1.165) is 17.8 Å². The summed E-state index contributed by atoms with van der Waals surface area (Å²) in [5.41, 5.74) is 2.44. The summed E-state index contributed by atoms with van der Waals surface area (Å²) >= 11 is 6.08. The molecule has 0 bridgehead atoms. The molecule has 112 valence electrons. The van der Waals surface area contributed by atoms with Crippen LogP contribution in [0.1, 0.15) is 28.5 Å². The van der Waals surface area contributed by atoms with Crippen molar-refractivity contribution >= 4 is 23.3 Å². The van der Waals surface area contributed by atoms with E-state index >= 15 is 0 Å². The molecule has 0 aliphatic carbocycles. The van der Waals surface area contributed by atoms with Gasteiger partial charge in [0.2, 0.25) is 0 Å². The number of anilines is 1. The topological polar surface area (TPSA) is 71.8 Å². The van der Waals surface area contributed by atoms with Crippen molar-refractivity contribution in [3.63, 3.8) is 0 Å². The zero-order valence-electron chi connectivity index (χ0n) is 12.3. The molecule has 21 heavy (non-hydrogen) atoms. The van der Waals surface area contributed by atoms with Gasteiger partial charge in [0, 0.05) is 37.6 Å². The summed E-state index contributed by atoms with van der Waals surface area (Å²) in [6.07, 6.45) is 3.25. The van der Waals surface area contributed by atoms with Crippen molar-refractivity contribution in [3.8, 4) is 0 Å². The standard InChI is InChI=1S/C14H18ClN5O/c1-4-16-13-12(15)5-10(6-17-13)14(21)18-7-11-8-19-20(3)9(11)2/h5-6,8H,4,7H2,1-3H3,(H,16,17)(H,18,21). The molecule has 1 amide bonds. The van der Waals surface area contributed by atoms with Crippen LogP contribution in [0.25, 0.3) is 0 Å². The van der Waals surface area contributed by atoms with Crippen molar-refractivity contribution in [2.24, 2.45) is 7.05 Å². The van der Waals surface area contributed by atoms with Crippen molar-refractivity contribution < 1.29 is 4.79 Å². The van der Waals surface area contributed by atoms with E-state index in [4.69, 9.17) is 11.6 Å². The van der Waals surface area contributed by atoms with Crippen molar-refractivity contribution in [1.82, 2.24) is 20.1 Å². The number of nitrogens with one attached hydrogen (secondary N) is 2. The van der Waals surface area contributed by atoms with Crippen LogP contribution >= 0.6 is 11.6 Å². The SMILES string of the molecule is CCNc1ncc(C(=O)NCc2cnn(C)c2C)cc1Cl. The molecule has 0 aromatic carbocycles. The zero-order valence-corrected chi connectivity index (χ0v) is 13.0. The molecule has 0 atom stereocenters. The minimum absolute atomic E-state index is 0.212. The van der Waals surface area contributed by atoms with E-state index in [1.165, 1.54) is 6.20 Å². The monoisotopic (exact) mass is 307 g/mol. The summed E-state index contributed by atoms with van der Waals surface area (Å²) in [6.45, 7) is 5.05. The molecule has 2 heterocycles. The number of hydrogen-bond acceptors (Lipinski definition) is 4. The second kappa shape index (κ2) is 6.58. The van der Waals surface area contributed by atoms with Gasteiger partial charge in [-0.2, -0.15) is 5.10 Å². The van der Waals surface area contributed by atoms with E-state index in [1.807, 2.05) is 20.9 Å². The molecule has 2 rings (SSSR count). The normalized spacial score (nSPS) is 10.5. The first-order valence-electron chi connectivity index (χ1n) is 6.68. The molecule has 0 saturated carbocycles. The maximum Gasteiger partial charge on any atom is 0.253 e. The van der Waals surface area contributed by atoms with E-state index in [1.54, 1.807) is 16.9 Å². The van der Waals surface area contributed by atoms with Gasteiger partial charge in [0.05, 0.1) is 16.8 Å². The molecule has 0 aliphatic heterocycles. The minimum Gasteiger partial charge on any atom is -0.369 e. The molecule has 0 spiro atoms. The van der Waals surface area contributed by atoms with Crippen LogP contribution in [0.4, 0.5) is 5.82 Å². The first kappa shape index (κ1) is 15.3. The first-order chi connectivity index (χ1) is 10.0. The highest BCUT2D eigenvalue weighted by molar-refractivity contribution is 6.33. The van der Waals surface area contributed by atoms with Crippen LogP contribution in [0.2, 0.25) is 5.02 Å². The first-order valence-corrected chi connectivity index (χ1v) is 7.05. The Kier molecular flexibility index (Phi) is 4.80. The Hall–Kier alpha value is -2.08. The van der Waals surface area contributed by atoms with Gasteiger partial charge in [0.25, 0.3) is 5.91 Å². The summed E-state index contributed by atoms with van der Waals surface area (Å²) in [5, 5.41) is 10.4. The number of hydrogen-bond donors (Lipinski definition) is 2. The van der Waals surface area contributed by atoms with Crippen molar-refractivity contribution in [3.05, 3.63) is 40.3 Å². The number of aromatic nitrogens is 3. The van der Waals surface area contributed by atoms with Crippen LogP contribution in [0.5, 0.6) is 0 Å². The van der Waals surface area contributed by atoms with Crippen LogP contribution in [0.15, 0.2) is 18.5 Å². The maximum atomic E-state index is 12.1. The Labute approximate surface area is 128 Å². The maximum absolute atomic E-state index is 12.1. The molecular weight excluding hydrogens is 290 g/mol. The summed E-state index contributed by atoms with van der Waals surface area (Å²) in [4.78, 5) is 16.2. The number of halogens is 1. The van der Waals surface area contributed by atoms with Crippen molar-refractivity contribution in [2.75, 3.05) is 11.9 Å². The second-order valence-corrected chi connectivity index (χ2v) is 5.05. The highest BCUT2D eigenvalue weighted by Gasteiger charge is 2.11. The predicted octanol–water partition coefficient (Wildman–Crippen LogP) is 2.14. The van der Waals surface area contributed by atoms with Crippen LogP contribution in [-0.4, -0.2) is 27.2 Å². The van der Waals surface area contributed by atoms with Crippen LogP contribution in [0.3, 0.4) is 0 Å². The van der Waals surface area contributed by atoms with Gasteiger partial charge >= 0.3 is 0 Å². The number of amides is 1. The predicted molar refractivity (Wildman–Crippen MR) is 82.5 cm³/mol. The fourth-order valence-electron chi connectivity index (χ4n) is 1.85. The Morgan fingerprint density at radius 2 is 2.19 bits per heavy atom. The number of carbonyl (C=O) groups excluding carboxylic acids is 1. The molecule has 0 fully saturated rings. The fourth-order valence-corrected chi connectivity index (χ4v) is 2.09. The van der Waals surface area contributed by atoms with Crippen molar-refractivity contribution in [2.45, 2.75) is 20.4 Å². The van der Waals surface area contributed by atoms with E-state index in [0.29, 0.717) is 22.9 Å². The number of nitrogens with zero attached hydrogens (tertiary/aromatic N) is 3. The lowest BCUT2D eigenvalue weighted by atomic mass is 10.2. The molecule has 6 nitrogen and oxygen atoms in total. The average Bonchev–Trinajstić information content (AvgIpc) is 2.78. The Morgan fingerprint density at radius 3 is 2.76 bits per heavy atom. The molecule has 0 saturated heterocycles. The lowest BCUT2D eigenvalue weighted by Gasteiger charge is -2.08.